The summed E-state index contributed by atoms with van der Waals surface area (Å²) in [6.07, 6.45) is 6.94. The molecule has 1 aliphatic rings. The minimum Gasteiger partial charge on any atom is -0.370 e. The number of ether oxygens (including phenoxy) is 1. The predicted molar refractivity (Wildman–Crippen MR) is 101 cm³/mol. The van der Waals surface area contributed by atoms with Crippen molar-refractivity contribution in [2.45, 2.75) is 77.7 Å². The molecular weight excluding hydrogens is 314 g/mol. The van der Waals surface area contributed by atoms with Gasteiger partial charge in [-0.15, -0.1) is 0 Å². The zero-order valence-electron chi connectivity index (χ0n) is 15.8. The van der Waals surface area contributed by atoms with Crippen molar-refractivity contribution in [1.29, 1.82) is 0 Å². The Balaban J connectivity index is 2.19. The predicted octanol–water partition coefficient (Wildman–Crippen LogP) is 5.14. The number of carbonyl (C=O) groups is 1. The second-order valence-electron chi connectivity index (χ2n) is 6.72. The molecule has 138 valence electrons. The summed E-state index contributed by atoms with van der Waals surface area (Å²) in [5, 5.41) is 4.06. The molecule has 1 aromatic rings. The fraction of sp³-hybridized carbons (Fsp3) is 0.619. The molecule has 0 saturated heterocycles. The SMILES string of the molecule is CCCOC1(c2ccccc2CCC)CCC(=NOC(=O)CC)CC1. The highest BCUT2D eigenvalue weighted by Crippen LogP contribution is 2.41. The molecule has 1 saturated carbocycles. The Hall–Kier alpha value is -1.68. The van der Waals surface area contributed by atoms with Gasteiger partial charge in [-0.2, -0.15) is 0 Å². The molecule has 0 unspecified atom stereocenters. The van der Waals surface area contributed by atoms with Crippen LogP contribution in [0, 0.1) is 0 Å². The molecule has 1 aliphatic carbocycles. The average Bonchev–Trinajstić information content (AvgIpc) is 2.66. The second-order valence-corrected chi connectivity index (χ2v) is 6.72. The van der Waals surface area contributed by atoms with Gasteiger partial charge in [0.25, 0.3) is 0 Å². The zero-order valence-corrected chi connectivity index (χ0v) is 15.8. The largest absolute Gasteiger partial charge is 0.370 e. The highest BCUT2D eigenvalue weighted by Gasteiger charge is 2.38. The van der Waals surface area contributed by atoms with Crippen molar-refractivity contribution < 1.29 is 14.4 Å². The van der Waals surface area contributed by atoms with E-state index in [-0.39, 0.29) is 11.6 Å². The number of rotatable bonds is 8. The van der Waals surface area contributed by atoms with Crippen LogP contribution in [0.3, 0.4) is 0 Å². The van der Waals surface area contributed by atoms with Gasteiger partial charge in [0.2, 0.25) is 0 Å². The number of oxime groups is 1. The quantitative estimate of drug-likeness (QED) is 0.484. The zero-order chi connectivity index (χ0) is 18.1. The minimum absolute atomic E-state index is 0.241. The number of carbonyl (C=O) groups excluding carboxylic acids is 1. The first-order chi connectivity index (χ1) is 12.1. The van der Waals surface area contributed by atoms with Gasteiger partial charge in [-0.1, -0.05) is 56.6 Å². The molecule has 0 aromatic heterocycles. The van der Waals surface area contributed by atoms with Crippen LogP contribution in [-0.2, 0) is 26.4 Å². The molecule has 0 spiro atoms. The number of hydrogen-bond donors (Lipinski definition) is 0. The van der Waals surface area contributed by atoms with Crippen LogP contribution in [-0.4, -0.2) is 18.3 Å². The third-order valence-electron chi connectivity index (χ3n) is 4.81. The summed E-state index contributed by atoms with van der Waals surface area (Å²) in [6.45, 7) is 6.89. The van der Waals surface area contributed by atoms with Gasteiger partial charge < -0.3 is 9.57 Å². The van der Waals surface area contributed by atoms with E-state index in [9.17, 15) is 4.79 Å². The molecule has 0 atom stereocenters. The van der Waals surface area contributed by atoms with Crippen LogP contribution in [0.1, 0.15) is 76.8 Å². The normalized spacial score (nSPS) is 20.4. The number of nitrogens with zero attached hydrogens (tertiary/aromatic N) is 1. The molecule has 1 fully saturated rings. The van der Waals surface area contributed by atoms with Crippen molar-refractivity contribution >= 4 is 11.7 Å². The minimum atomic E-state index is -0.278. The Morgan fingerprint density at radius 3 is 2.48 bits per heavy atom. The molecule has 0 N–H and O–H groups in total. The van der Waals surface area contributed by atoms with E-state index in [0.717, 1.165) is 57.3 Å². The fourth-order valence-corrected chi connectivity index (χ4v) is 3.45. The van der Waals surface area contributed by atoms with Gasteiger partial charge in [0.1, 0.15) is 0 Å². The van der Waals surface area contributed by atoms with Gasteiger partial charge in [0, 0.05) is 13.0 Å². The second kappa shape index (κ2) is 9.71. The molecule has 1 aromatic carbocycles. The standard InChI is InChI=1S/C21H31NO3/c1-4-9-17-10-7-8-11-19(17)21(24-16-5-2)14-12-18(13-15-21)22-25-20(23)6-3/h7-8,10-11H,4-6,9,12-16H2,1-3H3. The Bertz CT molecular complexity index is 585. The van der Waals surface area contributed by atoms with E-state index < -0.39 is 0 Å². The summed E-state index contributed by atoms with van der Waals surface area (Å²) in [5.41, 5.74) is 3.44. The molecule has 4 nitrogen and oxygen atoms in total. The van der Waals surface area contributed by atoms with Crippen LogP contribution in [0.2, 0.25) is 0 Å². The number of aryl methyl sites for hydroxylation is 1. The van der Waals surface area contributed by atoms with E-state index in [2.05, 4.69) is 43.3 Å². The average molecular weight is 345 g/mol. The third-order valence-corrected chi connectivity index (χ3v) is 4.81. The maximum absolute atomic E-state index is 11.3. The van der Waals surface area contributed by atoms with Gasteiger partial charge in [-0.3, -0.25) is 0 Å². The number of hydrogen-bond acceptors (Lipinski definition) is 4. The summed E-state index contributed by atoms with van der Waals surface area (Å²) in [6, 6.07) is 8.67. The van der Waals surface area contributed by atoms with Crippen LogP contribution in [0.4, 0.5) is 0 Å². The lowest BCUT2D eigenvalue weighted by atomic mass is 9.76. The summed E-state index contributed by atoms with van der Waals surface area (Å²) >= 11 is 0. The van der Waals surface area contributed by atoms with Crippen molar-refractivity contribution in [2.75, 3.05) is 6.61 Å². The van der Waals surface area contributed by atoms with E-state index in [4.69, 9.17) is 9.57 Å². The van der Waals surface area contributed by atoms with E-state index in [1.807, 2.05) is 0 Å². The Labute approximate surface area is 151 Å². The molecule has 2 rings (SSSR count). The first-order valence-corrected chi connectivity index (χ1v) is 9.63. The van der Waals surface area contributed by atoms with Crippen molar-refractivity contribution in [3.05, 3.63) is 35.4 Å². The van der Waals surface area contributed by atoms with Crippen molar-refractivity contribution in [1.82, 2.24) is 0 Å². The fourth-order valence-electron chi connectivity index (χ4n) is 3.45. The maximum Gasteiger partial charge on any atom is 0.334 e. The molecular formula is C21H31NO3. The van der Waals surface area contributed by atoms with E-state index in [1.165, 1.54) is 11.1 Å². The van der Waals surface area contributed by atoms with Gasteiger partial charge in [-0.05, 0) is 49.7 Å². The summed E-state index contributed by atoms with van der Waals surface area (Å²) in [4.78, 5) is 16.3. The van der Waals surface area contributed by atoms with Gasteiger partial charge >= 0.3 is 5.97 Å². The smallest absolute Gasteiger partial charge is 0.334 e. The van der Waals surface area contributed by atoms with Gasteiger partial charge in [0.05, 0.1) is 11.3 Å². The molecule has 0 radical (unpaired) electrons. The molecule has 4 heteroatoms. The molecule has 0 amide bonds. The van der Waals surface area contributed by atoms with Crippen LogP contribution < -0.4 is 0 Å². The van der Waals surface area contributed by atoms with Crippen LogP contribution in [0.25, 0.3) is 0 Å². The van der Waals surface area contributed by atoms with Crippen molar-refractivity contribution in [3.63, 3.8) is 0 Å². The Morgan fingerprint density at radius 1 is 1.12 bits per heavy atom. The van der Waals surface area contributed by atoms with E-state index >= 15 is 0 Å². The number of benzene rings is 1. The van der Waals surface area contributed by atoms with Gasteiger partial charge in [-0.25, -0.2) is 4.79 Å². The molecule has 0 bridgehead atoms. The van der Waals surface area contributed by atoms with Crippen molar-refractivity contribution in [2.24, 2.45) is 5.16 Å². The topological polar surface area (TPSA) is 47.9 Å². The summed E-state index contributed by atoms with van der Waals surface area (Å²) < 4.78 is 6.43. The third kappa shape index (κ3) is 5.15. The van der Waals surface area contributed by atoms with Crippen LogP contribution in [0.5, 0.6) is 0 Å². The van der Waals surface area contributed by atoms with Crippen LogP contribution >= 0.6 is 0 Å². The molecule has 0 heterocycles. The molecule has 25 heavy (non-hydrogen) atoms. The Kier molecular flexibility index (Phi) is 7.63. The van der Waals surface area contributed by atoms with Gasteiger partial charge in [0.15, 0.2) is 0 Å². The lowest BCUT2D eigenvalue weighted by molar-refractivity contribution is -0.143. The highest BCUT2D eigenvalue weighted by molar-refractivity contribution is 5.85. The lowest BCUT2D eigenvalue weighted by Gasteiger charge is -2.39. The summed E-state index contributed by atoms with van der Waals surface area (Å²) in [5.74, 6) is -0.278. The lowest BCUT2D eigenvalue weighted by Crippen LogP contribution is -2.36. The Morgan fingerprint density at radius 2 is 1.84 bits per heavy atom. The summed E-state index contributed by atoms with van der Waals surface area (Å²) in [7, 11) is 0. The maximum atomic E-state index is 11.3. The monoisotopic (exact) mass is 345 g/mol. The first kappa shape index (κ1) is 19.6. The van der Waals surface area contributed by atoms with Crippen molar-refractivity contribution in [3.8, 4) is 0 Å². The first-order valence-electron chi connectivity index (χ1n) is 9.63. The molecule has 0 aliphatic heterocycles. The van der Waals surface area contributed by atoms with Crippen LogP contribution in [0.15, 0.2) is 29.4 Å². The van der Waals surface area contributed by atoms with E-state index in [0.29, 0.717) is 6.42 Å². The van der Waals surface area contributed by atoms with E-state index in [1.54, 1.807) is 6.92 Å². The highest BCUT2D eigenvalue weighted by atomic mass is 16.7.